The van der Waals surface area contributed by atoms with Gasteiger partial charge in [0.2, 0.25) is 0 Å². The second kappa shape index (κ2) is 4.90. The van der Waals surface area contributed by atoms with Crippen molar-refractivity contribution < 1.29 is 0 Å². The van der Waals surface area contributed by atoms with Gasteiger partial charge in [-0.2, -0.15) is 0 Å². The van der Waals surface area contributed by atoms with Crippen LogP contribution in [0.5, 0.6) is 0 Å². The third-order valence-corrected chi connectivity index (χ3v) is 2.13. The molecule has 0 aliphatic heterocycles. The van der Waals surface area contributed by atoms with E-state index in [1.165, 1.54) is 5.56 Å². The van der Waals surface area contributed by atoms with Crippen molar-refractivity contribution in [2.24, 2.45) is 9.98 Å². The molecule has 80 valence electrons. The lowest BCUT2D eigenvalue weighted by atomic mass is 9.95. The fraction of sp³-hybridized carbons (Fsp3) is 0.462. The third kappa shape index (κ3) is 3.69. The minimum absolute atomic E-state index is 0.250. The van der Waals surface area contributed by atoms with E-state index in [0.717, 1.165) is 0 Å². The Hall–Kier alpha value is -1.40. The van der Waals surface area contributed by atoms with Crippen molar-refractivity contribution >= 4 is 6.01 Å². The van der Waals surface area contributed by atoms with Crippen LogP contribution in [0.1, 0.15) is 33.3 Å². The van der Waals surface area contributed by atoms with E-state index in [4.69, 9.17) is 0 Å². The Morgan fingerprint density at radius 2 is 1.73 bits per heavy atom. The van der Waals surface area contributed by atoms with Crippen LogP contribution < -0.4 is 0 Å². The first-order valence-corrected chi connectivity index (χ1v) is 5.24. The Kier molecular flexibility index (Phi) is 3.81. The molecule has 0 atom stereocenters. The first kappa shape index (κ1) is 11.7. The maximum Gasteiger partial charge on any atom is 0.0910 e. The molecule has 2 nitrogen and oxygen atoms in total. The van der Waals surface area contributed by atoms with Gasteiger partial charge < -0.3 is 0 Å². The lowest BCUT2D eigenvalue weighted by Gasteiger charge is -2.17. The molecule has 0 N–H and O–H groups in total. The molecular formula is C13H18N2. The molecular weight excluding hydrogens is 184 g/mol. The molecule has 0 fully saturated rings. The summed E-state index contributed by atoms with van der Waals surface area (Å²) >= 11 is 0. The van der Waals surface area contributed by atoms with Gasteiger partial charge in [-0.15, -0.1) is 0 Å². The highest BCUT2D eigenvalue weighted by Gasteiger charge is 2.17. The molecule has 0 amide bonds. The Bertz CT molecular complexity index is 357. The Balaban J connectivity index is 2.89. The van der Waals surface area contributed by atoms with Crippen molar-refractivity contribution in [2.45, 2.75) is 39.3 Å². The highest BCUT2D eigenvalue weighted by molar-refractivity contribution is 5.44. The molecule has 0 spiro atoms. The zero-order valence-electron chi connectivity index (χ0n) is 9.86. The van der Waals surface area contributed by atoms with E-state index in [2.05, 4.69) is 42.0 Å². The predicted octanol–water partition coefficient (Wildman–Crippen LogP) is 3.50. The summed E-state index contributed by atoms with van der Waals surface area (Å²) in [6.45, 7) is 8.15. The van der Waals surface area contributed by atoms with E-state index in [1.807, 2.05) is 32.0 Å². The number of rotatable bonds is 3. The zero-order valence-corrected chi connectivity index (χ0v) is 9.86. The molecule has 0 heterocycles. The summed E-state index contributed by atoms with van der Waals surface area (Å²) in [5.74, 6) is 0. The van der Waals surface area contributed by atoms with E-state index in [-0.39, 0.29) is 11.6 Å². The Labute approximate surface area is 91.8 Å². The van der Waals surface area contributed by atoms with Gasteiger partial charge in [0, 0.05) is 0 Å². The van der Waals surface area contributed by atoms with Crippen molar-refractivity contribution in [2.75, 3.05) is 0 Å². The zero-order chi connectivity index (χ0) is 11.3. The summed E-state index contributed by atoms with van der Waals surface area (Å²) in [5, 5.41) is 0. The number of hydrogen-bond acceptors (Lipinski definition) is 2. The molecule has 0 saturated carbocycles. The molecule has 0 aliphatic carbocycles. The SMILES string of the molecule is CC(C)N=C=NC(C)(C)c1ccccc1. The van der Waals surface area contributed by atoms with Crippen molar-refractivity contribution in [1.29, 1.82) is 0 Å². The summed E-state index contributed by atoms with van der Waals surface area (Å²) in [5.41, 5.74) is 0.927. The van der Waals surface area contributed by atoms with Crippen LogP contribution >= 0.6 is 0 Å². The second-order valence-corrected chi connectivity index (χ2v) is 4.36. The smallest absolute Gasteiger partial charge is 0.0910 e. The van der Waals surface area contributed by atoms with E-state index in [9.17, 15) is 0 Å². The maximum absolute atomic E-state index is 4.35. The number of nitrogens with zero attached hydrogens (tertiary/aromatic N) is 2. The van der Waals surface area contributed by atoms with Crippen LogP contribution in [-0.4, -0.2) is 12.1 Å². The predicted molar refractivity (Wildman–Crippen MR) is 64.5 cm³/mol. The van der Waals surface area contributed by atoms with Crippen molar-refractivity contribution in [3.05, 3.63) is 35.9 Å². The first-order chi connectivity index (χ1) is 7.02. The average molecular weight is 202 g/mol. The summed E-state index contributed by atoms with van der Waals surface area (Å²) in [6.07, 6.45) is 0. The van der Waals surface area contributed by atoms with Gasteiger partial charge in [0.1, 0.15) is 0 Å². The van der Waals surface area contributed by atoms with Crippen LogP contribution in [0.25, 0.3) is 0 Å². The first-order valence-electron chi connectivity index (χ1n) is 5.24. The van der Waals surface area contributed by atoms with E-state index < -0.39 is 0 Å². The van der Waals surface area contributed by atoms with Crippen LogP contribution in [0.3, 0.4) is 0 Å². The molecule has 1 aromatic rings. The van der Waals surface area contributed by atoms with Gasteiger partial charge in [-0.05, 0) is 33.3 Å². The van der Waals surface area contributed by atoms with Gasteiger partial charge in [0.25, 0.3) is 0 Å². The minimum Gasteiger partial charge on any atom is -0.223 e. The summed E-state index contributed by atoms with van der Waals surface area (Å²) in [7, 11) is 0. The standard InChI is InChI=1S/C13H18N2/c1-11(2)14-10-15-13(3,4)12-8-6-5-7-9-12/h5-9,11H,1-4H3. The fourth-order valence-corrected chi connectivity index (χ4v) is 1.18. The highest BCUT2D eigenvalue weighted by atomic mass is 14.9. The summed E-state index contributed by atoms with van der Waals surface area (Å²) < 4.78 is 0. The topological polar surface area (TPSA) is 24.7 Å². The highest BCUT2D eigenvalue weighted by Crippen LogP contribution is 2.23. The Morgan fingerprint density at radius 1 is 1.13 bits per heavy atom. The molecule has 0 aliphatic rings. The van der Waals surface area contributed by atoms with Crippen molar-refractivity contribution in [3.8, 4) is 0 Å². The number of aliphatic imine (C=N–C) groups is 2. The number of hydrogen-bond donors (Lipinski definition) is 0. The van der Waals surface area contributed by atoms with Crippen molar-refractivity contribution in [3.63, 3.8) is 0 Å². The largest absolute Gasteiger partial charge is 0.223 e. The molecule has 2 heteroatoms. The minimum atomic E-state index is -0.250. The van der Waals surface area contributed by atoms with Gasteiger partial charge in [0.05, 0.1) is 17.6 Å². The molecule has 1 rings (SSSR count). The van der Waals surface area contributed by atoms with E-state index in [1.54, 1.807) is 0 Å². The van der Waals surface area contributed by atoms with Crippen LogP contribution in [0.15, 0.2) is 40.3 Å². The Morgan fingerprint density at radius 3 is 2.27 bits per heavy atom. The maximum atomic E-state index is 4.35. The number of benzene rings is 1. The van der Waals surface area contributed by atoms with Crippen LogP contribution in [-0.2, 0) is 5.54 Å². The summed E-state index contributed by atoms with van der Waals surface area (Å²) in [6, 6.07) is 13.2. The van der Waals surface area contributed by atoms with Gasteiger partial charge in [-0.25, -0.2) is 9.98 Å². The van der Waals surface area contributed by atoms with E-state index >= 15 is 0 Å². The molecule has 0 aromatic heterocycles. The third-order valence-electron chi connectivity index (χ3n) is 2.13. The van der Waals surface area contributed by atoms with Crippen molar-refractivity contribution in [1.82, 2.24) is 0 Å². The lowest BCUT2D eigenvalue weighted by Crippen LogP contribution is -2.13. The van der Waals surface area contributed by atoms with E-state index in [0.29, 0.717) is 0 Å². The van der Waals surface area contributed by atoms with Gasteiger partial charge >= 0.3 is 0 Å². The molecule has 0 radical (unpaired) electrons. The second-order valence-electron chi connectivity index (χ2n) is 4.36. The normalized spacial score (nSPS) is 11.0. The monoisotopic (exact) mass is 202 g/mol. The van der Waals surface area contributed by atoms with Gasteiger partial charge in [0.15, 0.2) is 0 Å². The lowest BCUT2D eigenvalue weighted by molar-refractivity contribution is 0.561. The van der Waals surface area contributed by atoms with Gasteiger partial charge in [-0.3, -0.25) is 0 Å². The average Bonchev–Trinajstić information content (AvgIpc) is 2.18. The molecule has 15 heavy (non-hydrogen) atoms. The summed E-state index contributed by atoms with van der Waals surface area (Å²) in [4.78, 5) is 8.47. The molecule has 0 saturated heterocycles. The molecule has 1 aromatic carbocycles. The quantitative estimate of drug-likeness (QED) is 0.670. The van der Waals surface area contributed by atoms with Crippen LogP contribution in [0.4, 0.5) is 0 Å². The van der Waals surface area contributed by atoms with Crippen LogP contribution in [0, 0.1) is 0 Å². The molecule has 0 bridgehead atoms. The molecule has 0 unspecified atom stereocenters. The van der Waals surface area contributed by atoms with Crippen LogP contribution in [0.2, 0.25) is 0 Å². The van der Waals surface area contributed by atoms with Gasteiger partial charge in [-0.1, -0.05) is 30.3 Å². The fourth-order valence-electron chi connectivity index (χ4n) is 1.18.